The van der Waals surface area contributed by atoms with Crippen LogP contribution in [0.15, 0.2) is 24.3 Å². The lowest BCUT2D eigenvalue weighted by Gasteiger charge is -2.08. The summed E-state index contributed by atoms with van der Waals surface area (Å²) in [7, 11) is 0. The number of fused-ring (bicyclic) bond motifs is 1. The van der Waals surface area contributed by atoms with Crippen LogP contribution >= 0.6 is 46.4 Å². The van der Waals surface area contributed by atoms with Gasteiger partial charge < -0.3 is 0 Å². The summed E-state index contributed by atoms with van der Waals surface area (Å²) in [5.74, 6) is 0.232. The van der Waals surface area contributed by atoms with E-state index in [1.165, 1.54) is 4.52 Å². The Labute approximate surface area is 127 Å². The van der Waals surface area contributed by atoms with Gasteiger partial charge in [0.05, 0.1) is 5.56 Å². The van der Waals surface area contributed by atoms with Gasteiger partial charge in [0.1, 0.15) is 10.3 Å². The van der Waals surface area contributed by atoms with Crippen molar-refractivity contribution in [1.29, 1.82) is 0 Å². The van der Waals surface area contributed by atoms with Crippen molar-refractivity contribution < 1.29 is 0 Å². The van der Waals surface area contributed by atoms with Crippen LogP contribution in [0.3, 0.4) is 0 Å². The standard InChI is InChI=1S/C11H4Cl4N4/c12-6-4-2-1-3-5(6)7-8(13)16-11-17-10(15)18-19(11)9(7)14/h1-4H. The first-order chi connectivity index (χ1) is 9.08. The number of rotatable bonds is 1. The average molecular weight is 334 g/mol. The van der Waals surface area contributed by atoms with Crippen molar-refractivity contribution in [3.63, 3.8) is 0 Å². The molecule has 0 spiro atoms. The summed E-state index contributed by atoms with van der Waals surface area (Å²) in [5, 5.41) is 4.94. The Bertz CT molecular complexity index is 784. The lowest BCUT2D eigenvalue weighted by molar-refractivity contribution is 0.942. The zero-order valence-corrected chi connectivity index (χ0v) is 12.1. The number of nitrogens with zero attached hydrogens (tertiary/aromatic N) is 4. The van der Waals surface area contributed by atoms with Gasteiger partial charge in [0.15, 0.2) is 0 Å². The first kappa shape index (κ1) is 12.9. The van der Waals surface area contributed by atoms with E-state index in [4.69, 9.17) is 46.4 Å². The van der Waals surface area contributed by atoms with Crippen LogP contribution in [-0.2, 0) is 0 Å². The summed E-state index contributed by atoms with van der Waals surface area (Å²) in [6, 6.07) is 7.17. The minimum atomic E-state index is 0.0433. The summed E-state index contributed by atoms with van der Waals surface area (Å²) < 4.78 is 1.31. The van der Waals surface area contributed by atoms with Gasteiger partial charge in [-0.3, -0.25) is 0 Å². The van der Waals surface area contributed by atoms with Crippen LogP contribution in [0, 0.1) is 0 Å². The van der Waals surface area contributed by atoms with Gasteiger partial charge in [0.2, 0.25) is 5.28 Å². The fourth-order valence-corrected chi connectivity index (χ4v) is 2.71. The molecule has 4 nitrogen and oxygen atoms in total. The van der Waals surface area contributed by atoms with Gasteiger partial charge in [0, 0.05) is 10.6 Å². The fourth-order valence-electron chi connectivity index (χ4n) is 1.70. The molecule has 2 aromatic heterocycles. The van der Waals surface area contributed by atoms with E-state index in [1.54, 1.807) is 12.1 Å². The van der Waals surface area contributed by atoms with E-state index in [2.05, 4.69) is 15.1 Å². The smallest absolute Gasteiger partial charge is 0.198 e. The monoisotopic (exact) mass is 332 g/mol. The van der Waals surface area contributed by atoms with Crippen molar-refractivity contribution >= 4 is 52.2 Å². The maximum absolute atomic E-state index is 6.29. The highest BCUT2D eigenvalue weighted by Gasteiger charge is 2.18. The van der Waals surface area contributed by atoms with Crippen LogP contribution < -0.4 is 0 Å². The minimum absolute atomic E-state index is 0.0433. The van der Waals surface area contributed by atoms with Crippen LogP contribution in [0.1, 0.15) is 0 Å². The molecule has 0 saturated heterocycles. The first-order valence-electron chi connectivity index (χ1n) is 5.10. The molecular weight excluding hydrogens is 330 g/mol. The number of aromatic nitrogens is 4. The van der Waals surface area contributed by atoms with E-state index >= 15 is 0 Å². The van der Waals surface area contributed by atoms with Gasteiger partial charge in [-0.2, -0.15) is 14.5 Å². The lowest BCUT2D eigenvalue weighted by Crippen LogP contribution is -1.97. The Morgan fingerprint density at radius 2 is 1.68 bits per heavy atom. The molecule has 0 bridgehead atoms. The summed E-state index contributed by atoms with van der Waals surface area (Å²) in [4.78, 5) is 8.00. The summed E-state index contributed by atoms with van der Waals surface area (Å²) >= 11 is 24.3. The van der Waals surface area contributed by atoms with Crippen LogP contribution in [0.25, 0.3) is 16.9 Å². The molecule has 8 heteroatoms. The molecule has 96 valence electrons. The minimum Gasteiger partial charge on any atom is -0.198 e. The van der Waals surface area contributed by atoms with Crippen molar-refractivity contribution in [3.05, 3.63) is 44.9 Å². The second-order valence-corrected chi connectivity index (χ2v) is 5.10. The number of halogens is 4. The Morgan fingerprint density at radius 1 is 0.947 bits per heavy atom. The van der Waals surface area contributed by atoms with E-state index in [-0.39, 0.29) is 21.4 Å². The zero-order chi connectivity index (χ0) is 13.6. The van der Waals surface area contributed by atoms with Gasteiger partial charge in [-0.1, -0.05) is 53.0 Å². The topological polar surface area (TPSA) is 43.1 Å². The van der Waals surface area contributed by atoms with E-state index in [9.17, 15) is 0 Å². The molecule has 0 unspecified atom stereocenters. The summed E-state index contributed by atoms with van der Waals surface area (Å²) in [6.45, 7) is 0. The Hall–Kier alpha value is -1.07. The molecule has 0 N–H and O–H groups in total. The molecule has 0 aliphatic rings. The molecule has 0 radical (unpaired) electrons. The third-order valence-electron chi connectivity index (χ3n) is 2.50. The molecule has 0 aliphatic carbocycles. The van der Waals surface area contributed by atoms with E-state index < -0.39 is 0 Å². The molecule has 0 amide bonds. The predicted octanol–water partition coefficient (Wildman–Crippen LogP) is 4.40. The molecule has 0 saturated carbocycles. The second kappa shape index (κ2) is 4.80. The molecule has 3 rings (SSSR count). The highest BCUT2D eigenvalue weighted by molar-refractivity contribution is 6.40. The fraction of sp³-hybridized carbons (Fsp3) is 0. The maximum atomic E-state index is 6.29. The highest BCUT2D eigenvalue weighted by atomic mass is 35.5. The van der Waals surface area contributed by atoms with Gasteiger partial charge in [-0.05, 0) is 17.7 Å². The summed E-state index contributed by atoms with van der Waals surface area (Å²) in [6.07, 6.45) is 0. The quantitative estimate of drug-likeness (QED) is 0.620. The van der Waals surface area contributed by atoms with Crippen molar-refractivity contribution in [2.24, 2.45) is 0 Å². The van der Waals surface area contributed by atoms with Crippen molar-refractivity contribution in [3.8, 4) is 11.1 Å². The van der Waals surface area contributed by atoms with E-state index in [1.807, 2.05) is 12.1 Å². The normalized spacial score (nSPS) is 11.2. The van der Waals surface area contributed by atoms with Gasteiger partial charge in [-0.25, -0.2) is 0 Å². The molecule has 19 heavy (non-hydrogen) atoms. The van der Waals surface area contributed by atoms with E-state index in [0.29, 0.717) is 16.1 Å². The molecular formula is C11H4Cl4N4. The van der Waals surface area contributed by atoms with Crippen molar-refractivity contribution in [1.82, 2.24) is 19.6 Å². The SMILES string of the molecule is Clc1nc2nc(Cl)c(-c3ccccc3Cl)c(Cl)n2n1. The van der Waals surface area contributed by atoms with Gasteiger partial charge in [0.25, 0.3) is 5.78 Å². The molecule has 3 aromatic rings. The molecule has 0 aliphatic heterocycles. The second-order valence-electron chi connectivity index (χ2n) is 3.64. The molecule has 2 heterocycles. The first-order valence-corrected chi connectivity index (χ1v) is 6.61. The molecule has 1 aromatic carbocycles. The zero-order valence-electron chi connectivity index (χ0n) is 9.11. The van der Waals surface area contributed by atoms with Crippen LogP contribution in [0.5, 0.6) is 0 Å². The third-order valence-corrected chi connectivity index (χ3v) is 3.62. The lowest BCUT2D eigenvalue weighted by atomic mass is 10.1. The van der Waals surface area contributed by atoms with E-state index in [0.717, 1.165) is 0 Å². The van der Waals surface area contributed by atoms with Crippen LogP contribution in [0.4, 0.5) is 0 Å². The number of hydrogen-bond donors (Lipinski definition) is 0. The van der Waals surface area contributed by atoms with Crippen LogP contribution in [0.2, 0.25) is 20.6 Å². The average Bonchev–Trinajstić information content (AvgIpc) is 2.72. The third kappa shape index (κ3) is 2.15. The van der Waals surface area contributed by atoms with Gasteiger partial charge in [-0.15, -0.1) is 5.10 Å². The highest BCUT2D eigenvalue weighted by Crippen LogP contribution is 2.37. The Morgan fingerprint density at radius 3 is 2.42 bits per heavy atom. The Balaban J connectivity index is 2.38. The summed E-state index contributed by atoms with van der Waals surface area (Å²) in [5.41, 5.74) is 1.16. The maximum Gasteiger partial charge on any atom is 0.256 e. The van der Waals surface area contributed by atoms with Crippen molar-refractivity contribution in [2.75, 3.05) is 0 Å². The number of hydrogen-bond acceptors (Lipinski definition) is 3. The Kier molecular flexibility index (Phi) is 3.27. The van der Waals surface area contributed by atoms with Crippen LogP contribution in [-0.4, -0.2) is 19.6 Å². The predicted molar refractivity (Wildman–Crippen MR) is 76.3 cm³/mol. The largest absolute Gasteiger partial charge is 0.256 e. The molecule has 0 atom stereocenters. The number of benzene rings is 1. The molecule has 0 fully saturated rings. The van der Waals surface area contributed by atoms with Crippen molar-refractivity contribution in [2.45, 2.75) is 0 Å². The van der Waals surface area contributed by atoms with Gasteiger partial charge >= 0.3 is 0 Å².